The number of rotatable bonds is 6. The first-order valence-corrected chi connectivity index (χ1v) is 11.2. The Morgan fingerprint density at radius 2 is 2.10 bits per heavy atom. The summed E-state index contributed by atoms with van der Waals surface area (Å²) in [6.07, 6.45) is 1.85. The molecule has 0 spiro atoms. The van der Waals surface area contributed by atoms with Gasteiger partial charge in [0.25, 0.3) is 5.56 Å². The number of anilines is 1. The standard InChI is InChI=1S/C21H19Cl2N3O3S/c22-13-7-8-16(23)18(10-13)24-19(27)12-30-21-25-17-6-2-1-5-15(17)20(28)26(21)11-14-4-3-9-29-14/h1-2,5-8,10,14H,3-4,9,11-12H2,(H,24,27)/t14-/m0/s1. The van der Waals surface area contributed by atoms with E-state index in [2.05, 4.69) is 10.3 Å². The number of hydrogen-bond donors (Lipinski definition) is 1. The molecule has 1 N–H and O–H groups in total. The van der Waals surface area contributed by atoms with E-state index in [1.165, 1.54) is 11.8 Å². The molecule has 1 fully saturated rings. The van der Waals surface area contributed by atoms with Crippen molar-refractivity contribution < 1.29 is 9.53 Å². The second-order valence-electron chi connectivity index (χ2n) is 6.92. The highest BCUT2D eigenvalue weighted by Crippen LogP contribution is 2.26. The van der Waals surface area contributed by atoms with Gasteiger partial charge in [-0.3, -0.25) is 14.2 Å². The van der Waals surface area contributed by atoms with Crippen LogP contribution in [0.15, 0.2) is 52.4 Å². The number of thioether (sulfide) groups is 1. The highest BCUT2D eigenvalue weighted by atomic mass is 35.5. The van der Waals surface area contributed by atoms with E-state index in [9.17, 15) is 9.59 Å². The molecule has 1 amide bonds. The first-order valence-electron chi connectivity index (χ1n) is 9.50. The molecule has 3 aromatic rings. The molecular weight excluding hydrogens is 445 g/mol. The fraction of sp³-hybridized carbons (Fsp3) is 0.286. The lowest BCUT2D eigenvalue weighted by Crippen LogP contribution is -2.29. The van der Waals surface area contributed by atoms with E-state index in [1.54, 1.807) is 34.9 Å². The number of carbonyl (C=O) groups is 1. The maximum absolute atomic E-state index is 13.1. The van der Waals surface area contributed by atoms with E-state index in [0.29, 0.717) is 44.9 Å². The Bertz CT molecular complexity index is 1150. The van der Waals surface area contributed by atoms with Gasteiger partial charge in [0.15, 0.2) is 5.16 Å². The van der Waals surface area contributed by atoms with E-state index in [-0.39, 0.29) is 23.3 Å². The van der Waals surface area contributed by atoms with Crippen molar-refractivity contribution in [2.75, 3.05) is 17.7 Å². The number of hydrogen-bond acceptors (Lipinski definition) is 5. The maximum Gasteiger partial charge on any atom is 0.262 e. The first-order chi connectivity index (χ1) is 14.5. The van der Waals surface area contributed by atoms with Crippen molar-refractivity contribution in [2.24, 2.45) is 0 Å². The van der Waals surface area contributed by atoms with Crippen LogP contribution in [-0.2, 0) is 16.1 Å². The van der Waals surface area contributed by atoms with Gasteiger partial charge in [-0.2, -0.15) is 0 Å². The summed E-state index contributed by atoms with van der Waals surface area (Å²) in [7, 11) is 0. The summed E-state index contributed by atoms with van der Waals surface area (Å²) in [6.45, 7) is 1.12. The van der Waals surface area contributed by atoms with Crippen LogP contribution < -0.4 is 10.9 Å². The highest BCUT2D eigenvalue weighted by molar-refractivity contribution is 7.99. The van der Waals surface area contributed by atoms with Gasteiger partial charge in [0.05, 0.1) is 40.0 Å². The quantitative estimate of drug-likeness (QED) is 0.426. The predicted octanol–water partition coefficient (Wildman–Crippen LogP) is 4.61. The number of benzene rings is 2. The van der Waals surface area contributed by atoms with Gasteiger partial charge in [-0.15, -0.1) is 0 Å². The van der Waals surface area contributed by atoms with E-state index in [0.717, 1.165) is 12.8 Å². The lowest BCUT2D eigenvalue weighted by atomic mass is 10.2. The van der Waals surface area contributed by atoms with Crippen LogP contribution in [0.1, 0.15) is 12.8 Å². The van der Waals surface area contributed by atoms with Crippen LogP contribution in [0.4, 0.5) is 5.69 Å². The largest absolute Gasteiger partial charge is 0.376 e. The molecule has 30 heavy (non-hydrogen) atoms. The Morgan fingerprint density at radius 1 is 1.27 bits per heavy atom. The lowest BCUT2D eigenvalue weighted by molar-refractivity contribution is -0.113. The third kappa shape index (κ3) is 4.81. The van der Waals surface area contributed by atoms with Crippen LogP contribution in [-0.4, -0.2) is 33.9 Å². The van der Waals surface area contributed by atoms with Crippen molar-refractivity contribution in [1.29, 1.82) is 0 Å². The first kappa shape index (κ1) is 21.2. The molecule has 2 aromatic carbocycles. The summed E-state index contributed by atoms with van der Waals surface area (Å²) in [4.78, 5) is 30.2. The molecule has 1 saturated heterocycles. The van der Waals surface area contributed by atoms with Gasteiger partial charge in [0.1, 0.15) is 0 Å². The van der Waals surface area contributed by atoms with E-state index >= 15 is 0 Å². The zero-order chi connectivity index (χ0) is 21.1. The fourth-order valence-electron chi connectivity index (χ4n) is 3.32. The number of carbonyl (C=O) groups excluding carboxylic acids is 1. The van der Waals surface area contributed by atoms with Crippen LogP contribution in [0.25, 0.3) is 10.9 Å². The van der Waals surface area contributed by atoms with Gasteiger partial charge in [-0.05, 0) is 43.2 Å². The third-order valence-corrected chi connectivity index (χ3v) is 6.31. The molecule has 4 rings (SSSR count). The van der Waals surface area contributed by atoms with Crippen LogP contribution >= 0.6 is 35.0 Å². The number of nitrogens with zero attached hydrogens (tertiary/aromatic N) is 2. The monoisotopic (exact) mass is 463 g/mol. The Kier molecular flexibility index (Phi) is 6.63. The second kappa shape index (κ2) is 9.39. The van der Waals surface area contributed by atoms with Crippen LogP contribution in [0, 0.1) is 0 Å². The molecule has 9 heteroatoms. The predicted molar refractivity (Wildman–Crippen MR) is 121 cm³/mol. The van der Waals surface area contributed by atoms with Gasteiger partial charge in [-0.25, -0.2) is 4.98 Å². The van der Waals surface area contributed by atoms with Crippen molar-refractivity contribution in [2.45, 2.75) is 30.6 Å². The zero-order valence-electron chi connectivity index (χ0n) is 15.9. The van der Waals surface area contributed by atoms with E-state index in [1.807, 2.05) is 12.1 Å². The minimum atomic E-state index is -0.268. The molecule has 1 atom stereocenters. The molecule has 1 aliphatic rings. The van der Waals surface area contributed by atoms with Crippen LogP contribution in [0.3, 0.4) is 0 Å². The minimum Gasteiger partial charge on any atom is -0.376 e. The van der Waals surface area contributed by atoms with Gasteiger partial charge in [0, 0.05) is 11.6 Å². The summed E-state index contributed by atoms with van der Waals surface area (Å²) < 4.78 is 7.32. The second-order valence-corrected chi connectivity index (χ2v) is 8.71. The molecule has 0 bridgehead atoms. The molecule has 0 radical (unpaired) electrons. The Morgan fingerprint density at radius 3 is 2.90 bits per heavy atom. The smallest absolute Gasteiger partial charge is 0.262 e. The Labute approximate surface area is 187 Å². The average Bonchev–Trinajstić information content (AvgIpc) is 3.25. The van der Waals surface area contributed by atoms with E-state index < -0.39 is 0 Å². The summed E-state index contributed by atoms with van der Waals surface area (Å²) in [5, 5.41) is 4.66. The zero-order valence-corrected chi connectivity index (χ0v) is 18.3. The SMILES string of the molecule is O=C(CSc1nc2ccccc2c(=O)n1C[C@@H]1CCCO1)Nc1cc(Cl)ccc1Cl. The number of fused-ring (bicyclic) bond motifs is 1. The molecule has 0 unspecified atom stereocenters. The highest BCUT2D eigenvalue weighted by Gasteiger charge is 2.20. The van der Waals surface area contributed by atoms with Gasteiger partial charge < -0.3 is 10.1 Å². The molecule has 156 valence electrons. The number of aromatic nitrogens is 2. The molecule has 0 aliphatic carbocycles. The van der Waals surface area contributed by atoms with Crippen LogP contribution in [0.5, 0.6) is 0 Å². The third-order valence-electron chi connectivity index (χ3n) is 4.77. The number of ether oxygens (including phenoxy) is 1. The molecule has 1 aliphatic heterocycles. The van der Waals surface area contributed by atoms with Crippen molar-refractivity contribution >= 4 is 57.5 Å². The van der Waals surface area contributed by atoms with Gasteiger partial charge in [-0.1, -0.05) is 47.1 Å². The number of para-hydroxylation sites is 1. The minimum absolute atomic E-state index is 0.0240. The number of amides is 1. The van der Waals surface area contributed by atoms with Crippen molar-refractivity contribution in [1.82, 2.24) is 9.55 Å². The maximum atomic E-state index is 13.1. The van der Waals surface area contributed by atoms with Gasteiger partial charge in [0.2, 0.25) is 5.91 Å². The summed E-state index contributed by atoms with van der Waals surface area (Å²) in [5.41, 5.74) is 0.918. The lowest BCUT2D eigenvalue weighted by Gasteiger charge is -2.16. The Hall–Kier alpha value is -2.06. The number of halogens is 2. The topological polar surface area (TPSA) is 73.2 Å². The molecule has 2 heterocycles. The Balaban J connectivity index is 1.56. The molecular formula is C21H19Cl2N3O3S. The molecule has 0 saturated carbocycles. The fourth-order valence-corrected chi connectivity index (χ4v) is 4.47. The summed E-state index contributed by atoms with van der Waals surface area (Å²) in [5.74, 6) is -0.200. The molecule has 1 aromatic heterocycles. The van der Waals surface area contributed by atoms with E-state index in [4.69, 9.17) is 27.9 Å². The van der Waals surface area contributed by atoms with Crippen molar-refractivity contribution in [3.8, 4) is 0 Å². The molecule has 6 nitrogen and oxygen atoms in total. The average molecular weight is 464 g/mol. The van der Waals surface area contributed by atoms with Crippen LogP contribution in [0.2, 0.25) is 10.0 Å². The normalized spacial score (nSPS) is 16.1. The van der Waals surface area contributed by atoms with Crippen molar-refractivity contribution in [3.05, 3.63) is 62.9 Å². The van der Waals surface area contributed by atoms with Gasteiger partial charge >= 0.3 is 0 Å². The number of nitrogens with one attached hydrogen (secondary N) is 1. The van der Waals surface area contributed by atoms with Crippen molar-refractivity contribution in [3.63, 3.8) is 0 Å². The summed E-state index contributed by atoms with van der Waals surface area (Å²) >= 11 is 13.3. The summed E-state index contributed by atoms with van der Waals surface area (Å²) in [6, 6.07) is 12.1.